The van der Waals surface area contributed by atoms with Crippen molar-refractivity contribution in [2.75, 3.05) is 18.6 Å². The van der Waals surface area contributed by atoms with E-state index in [0.29, 0.717) is 0 Å². The first-order chi connectivity index (χ1) is 7.13. The number of hydrogen-bond acceptors (Lipinski definition) is 3. The highest BCUT2D eigenvalue weighted by molar-refractivity contribution is 9.10. The molecule has 1 fully saturated rings. The summed E-state index contributed by atoms with van der Waals surface area (Å²) < 4.78 is 5.76. The van der Waals surface area contributed by atoms with Gasteiger partial charge >= 0.3 is 5.97 Å². The van der Waals surface area contributed by atoms with Crippen molar-refractivity contribution in [2.45, 2.75) is 13.0 Å². The number of hydrogen-bond donors (Lipinski definition) is 0. The average molecular weight is 270 g/mol. The Labute approximate surface area is 97.2 Å². The standard InChI is InChI=1S/C11H12BrNO2/c1-7-5-8(12)3-4-9(7)13-6-10(13)11(14)15-2/h3-5,10H,6H2,1-2H3. The lowest BCUT2D eigenvalue weighted by Gasteiger charge is -2.08. The van der Waals surface area contributed by atoms with Gasteiger partial charge in [-0.3, -0.25) is 0 Å². The Bertz CT molecular complexity index is 406. The quantitative estimate of drug-likeness (QED) is 0.609. The molecule has 1 aliphatic rings. The van der Waals surface area contributed by atoms with Crippen LogP contribution in [0.1, 0.15) is 5.56 Å². The zero-order valence-electron chi connectivity index (χ0n) is 8.66. The van der Waals surface area contributed by atoms with E-state index in [2.05, 4.69) is 15.9 Å². The first kappa shape index (κ1) is 10.5. The summed E-state index contributed by atoms with van der Waals surface area (Å²) in [6, 6.07) is 5.95. The molecule has 1 aromatic carbocycles. The Morgan fingerprint density at radius 2 is 2.33 bits per heavy atom. The van der Waals surface area contributed by atoms with Gasteiger partial charge < -0.3 is 9.64 Å². The minimum atomic E-state index is -0.155. The molecule has 1 saturated heterocycles. The molecular weight excluding hydrogens is 258 g/mol. The maximum atomic E-state index is 11.3. The highest BCUT2D eigenvalue weighted by Crippen LogP contribution is 2.32. The summed E-state index contributed by atoms with van der Waals surface area (Å²) in [4.78, 5) is 13.3. The minimum Gasteiger partial charge on any atom is -0.467 e. The van der Waals surface area contributed by atoms with Gasteiger partial charge in [0.05, 0.1) is 13.7 Å². The smallest absolute Gasteiger partial charge is 0.330 e. The SMILES string of the molecule is COC(=O)C1CN1c1ccc(Br)cc1C. The number of anilines is 1. The molecule has 0 aliphatic carbocycles. The summed E-state index contributed by atoms with van der Waals surface area (Å²) >= 11 is 3.41. The van der Waals surface area contributed by atoms with Crippen molar-refractivity contribution in [3.63, 3.8) is 0 Å². The number of carbonyl (C=O) groups excluding carboxylic acids is 1. The fourth-order valence-corrected chi connectivity index (χ4v) is 2.16. The zero-order chi connectivity index (χ0) is 11.0. The Hall–Kier alpha value is -1.03. The van der Waals surface area contributed by atoms with Crippen LogP contribution in [0.5, 0.6) is 0 Å². The monoisotopic (exact) mass is 269 g/mol. The molecule has 15 heavy (non-hydrogen) atoms. The minimum absolute atomic E-state index is 0.0881. The molecule has 0 saturated carbocycles. The Kier molecular flexibility index (Phi) is 2.69. The molecule has 1 unspecified atom stereocenters. The van der Waals surface area contributed by atoms with Crippen LogP contribution in [0.25, 0.3) is 0 Å². The van der Waals surface area contributed by atoms with E-state index in [4.69, 9.17) is 4.74 Å². The number of rotatable bonds is 2. The van der Waals surface area contributed by atoms with Gasteiger partial charge in [-0.15, -0.1) is 0 Å². The van der Waals surface area contributed by atoms with Crippen LogP contribution in [0.2, 0.25) is 0 Å². The van der Waals surface area contributed by atoms with E-state index in [1.807, 2.05) is 30.0 Å². The maximum absolute atomic E-state index is 11.3. The lowest BCUT2D eigenvalue weighted by molar-refractivity contribution is -0.139. The molecule has 3 nitrogen and oxygen atoms in total. The van der Waals surface area contributed by atoms with Crippen molar-refractivity contribution in [3.8, 4) is 0 Å². The number of ether oxygens (including phenoxy) is 1. The van der Waals surface area contributed by atoms with E-state index in [1.165, 1.54) is 7.11 Å². The third kappa shape index (κ3) is 2.00. The van der Waals surface area contributed by atoms with Gasteiger partial charge in [-0.25, -0.2) is 4.79 Å². The molecule has 1 atom stereocenters. The van der Waals surface area contributed by atoms with E-state index >= 15 is 0 Å². The Morgan fingerprint density at radius 3 is 2.93 bits per heavy atom. The summed E-state index contributed by atoms with van der Waals surface area (Å²) in [5.74, 6) is -0.155. The second-order valence-corrected chi connectivity index (χ2v) is 4.54. The topological polar surface area (TPSA) is 29.3 Å². The number of esters is 1. The van der Waals surface area contributed by atoms with E-state index in [0.717, 1.165) is 22.3 Å². The number of benzene rings is 1. The summed E-state index contributed by atoms with van der Waals surface area (Å²) in [6.07, 6.45) is 0. The summed E-state index contributed by atoms with van der Waals surface area (Å²) in [6.45, 7) is 2.79. The molecule has 1 aromatic rings. The fourth-order valence-electron chi connectivity index (χ4n) is 1.68. The van der Waals surface area contributed by atoms with E-state index < -0.39 is 0 Å². The Balaban J connectivity index is 2.16. The Morgan fingerprint density at radius 1 is 1.60 bits per heavy atom. The van der Waals surface area contributed by atoms with Gasteiger partial charge in [0.2, 0.25) is 0 Å². The van der Waals surface area contributed by atoms with Crippen LogP contribution in [-0.4, -0.2) is 25.7 Å². The molecule has 0 amide bonds. The van der Waals surface area contributed by atoms with Crippen LogP contribution in [0.15, 0.2) is 22.7 Å². The van der Waals surface area contributed by atoms with E-state index in [1.54, 1.807) is 0 Å². The summed E-state index contributed by atoms with van der Waals surface area (Å²) in [5.41, 5.74) is 2.27. The van der Waals surface area contributed by atoms with Crippen LogP contribution in [0.3, 0.4) is 0 Å². The van der Waals surface area contributed by atoms with Gasteiger partial charge in [-0.05, 0) is 30.7 Å². The predicted octanol–water partition coefficient (Wildman–Crippen LogP) is 2.12. The summed E-state index contributed by atoms with van der Waals surface area (Å²) in [5, 5.41) is 0. The number of aryl methyl sites for hydroxylation is 1. The fraction of sp³-hybridized carbons (Fsp3) is 0.364. The maximum Gasteiger partial charge on any atom is 0.330 e. The highest BCUT2D eigenvalue weighted by atomic mass is 79.9. The predicted molar refractivity (Wildman–Crippen MR) is 62.0 cm³/mol. The molecule has 0 radical (unpaired) electrons. The van der Waals surface area contributed by atoms with Crippen LogP contribution in [-0.2, 0) is 9.53 Å². The van der Waals surface area contributed by atoms with Crippen molar-refractivity contribution in [1.29, 1.82) is 0 Å². The second-order valence-electron chi connectivity index (χ2n) is 3.62. The highest BCUT2D eigenvalue weighted by Gasteiger charge is 2.42. The van der Waals surface area contributed by atoms with Crippen molar-refractivity contribution in [1.82, 2.24) is 0 Å². The molecular formula is C11H12BrNO2. The van der Waals surface area contributed by atoms with Gasteiger partial charge in [-0.2, -0.15) is 0 Å². The number of carbonyl (C=O) groups is 1. The van der Waals surface area contributed by atoms with Crippen molar-refractivity contribution in [3.05, 3.63) is 28.2 Å². The normalized spacial score (nSPS) is 18.9. The van der Waals surface area contributed by atoms with E-state index in [-0.39, 0.29) is 12.0 Å². The van der Waals surface area contributed by atoms with Gasteiger partial charge in [-0.1, -0.05) is 15.9 Å². The molecule has 2 rings (SSSR count). The van der Waals surface area contributed by atoms with Crippen LogP contribution in [0, 0.1) is 6.92 Å². The average Bonchev–Trinajstić information content (AvgIpc) is 2.96. The first-order valence-corrected chi connectivity index (χ1v) is 5.53. The lowest BCUT2D eigenvalue weighted by Crippen LogP contribution is -2.14. The van der Waals surface area contributed by atoms with Crippen LogP contribution >= 0.6 is 15.9 Å². The van der Waals surface area contributed by atoms with Crippen molar-refractivity contribution < 1.29 is 9.53 Å². The van der Waals surface area contributed by atoms with Crippen molar-refractivity contribution >= 4 is 27.6 Å². The molecule has 1 aliphatic heterocycles. The second kappa shape index (κ2) is 3.85. The zero-order valence-corrected chi connectivity index (χ0v) is 10.2. The molecule has 1 heterocycles. The first-order valence-electron chi connectivity index (χ1n) is 4.74. The third-order valence-corrected chi connectivity index (χ3v) is 3.05. The van der Waals surface area contributed by atoms with Gasteiger partial charge in [0.25, 0.3) is 0 Å². The molecule has 0 N–H and O–H groups in total. The van der Waals surface area contributed by atoms with Crippen LogP contribution < -0.4 is 4.90 Å². The summed E-state index contributed by atoms with van der Waals surface area (Å²) in [7, 11) is 1.42. The third-order valence-electron chi connectivity index (χ3n) is 2.55. The molecule has 0 bridgehead atoms. The molecule has 0 spiro atoms. The van der Waals surface area contributed by atoms with Gasteiger partial charge in [0, 0.05) is 10.2 Å². The van der Waals surface area contributed by atoms with Gasteiger partial charge in [0.15, 0.2) is 0 Å². The van der Waals surface area contributed by atoms with Crippen LogP contribution in [0.4, 0.5) is 5.69 Å². The number of halogens is 1. The van der Waals surface area contributed by atoms with E-state index in [9.17, 15) is 4.79 Å². The molecule has 80 valence electrons. The largest absolute Gasteiger partial charge is 0.467 e. The lowest BCUT2D eigenvalue weighted by atomic mass is 10.2. The van der Waals surface area contributed by atoms with Gasteiger partial charge in [0.1, 0.15) is 6.04 Å². The van der Waals surface area contributed by atoms with Crippen molar-refractivity contribution in [2.24, 2.45) is 0 Å². The number of methoxy groups -OCH3 is 1. The number of nitrogens with zero attached hydrogens (tertiary/aromatic N) is 1. The molecule has 0 aromatic heterocycles. The molecule has 4 heteroatoms.